The molecule has 2 saturated heterocycles. The zero-order valence-corrected chi connectivity index (χ0v) is 15.9. The predicted molar refractivity (Wildman–Crippen MR) is 101 cm³/mol. The van der Waals surface area contributed by atoms with E-state index in [4.69, 9.17) is 9.47 Å². The minimum atomic E-state index is -0.435. The van der Waals surface area contributed by atoms with E-state index in [1.807, 2.05) is 21.7 Å². The topological polar surface area (TPSA) is 51.7 Å². The van der Waals surface area contributed by atoms with Crippen molar-refractivity contribution in [3.05, 3.63) is 46.5 Å². The van der Waals surface area contributed by atoms with Crippen LogP contribution in [0.15, 0.2) is 35.2 Å². The molecule has 2 fully saturated rings. The number of rotatable bonds is 5. The number of likely N-dealkylation sites (tertiary alicyclic amines) is 1. The van der Waals surface area contributed by atoms with Crippen molar-refractivity contribution in [2.24, 2.45) is 5.92 Å². The lowest BCUT2D eigenvalue weighted by Crippen LogP contribution is -2.49. The Kier molecular flexibility index (Phi) is 5.41. The summed E-state index contributed by atoms with van der Waals surface area (Å²) in [6.45, 7) is 2.57. The number of carbonyl (C=O) groups excluding carboxylic acids is 1. The van der Waals surface area contributed by atoms with Gasteiger partial charge >= 0.3 is 0 Å². The molecular weight excluding hydrogens is 367 g/mol. The van der Waals surface area contributed by atoms with Gasteiger partial charge in [0.1, 0.15) is 0 Å². The van der Waals surface area contributed by atoms with Crippen molar-refractivity contribution in [1.29, 1.82) is 0 Å². The van der Waals surface area contributed by atoms with Crippen molar-refractivity contribution < 1.29 is 18.7 Å². The number of pyridine rings is 1. The standard InChI is InChI=1S/C20H23FN2O3S/c21-17-2-1-8-22-18(17)25-11-3-16-4-12-26-20(16)6-9-23(10-7-20)19(24)15-5-13-27-14-15/h1-2,5,8,13-14,16H,3-4,6-7,9-12H2/t16-/m0/s1. The summed E-state index contributed by atoms with van der Waals surface area (Å²) >= 11 is 1.54. The Morgan fingerprint density at radius 1 is 1.41 bits per heavy atom. The van der Waals surface area contributed by atoms with Gasteiger partial charge in [0, 0.05) is 31.3 Å². The highest BCUT2D eigenvalue weighted by molar-refractivity contribution is 7.08. The molecule has 2 aliphatic rings. The summed E-state index contributed by atoms with van der Waals surface area (Å²) in [5, 5.41) is 3.83. The number of amides is 1. The molecule has 0 aliphatic carbocycles. The molecule has 4 rings (SSSR count). The van der Waals surface area contributed by atoms with Gasteiger partial charge in [-0.25, -0.2) is 9.37 Å². The lowest BCUT2D eigenvalue weighted by molar-refractivity contribution is -0.0649. The molecule has 0 N–H and O–H groups in total. The molecule has 0 bridgehead atoms. The highest BCUT2D eigenvalue weighted by atomic mass is 32.1. The van der Waals surface area contributed by atoms with E-state index >= 15 is 0 Å². The summed E-state index contributed by atoms with van der Waals surface area (Å²) in [7, 11) is 0. The van der Waals surface area contributed by atoms with E-state index in [1.54, 1.807) is 17.4 Å². The predicted octanol–water partition coefficient (Wildman–Crippen LogP) is 3.76. The van der Waals surface area contributed by atoms with Crippen molar-refractivity contribution in [1.82, 2.24) is 9.88 Å². The van der Waals surface area contributed by atoms with Crippen molar-refractivity contribution in [2.45, 2.75) is 31.3 Å². The molecule has 2 aromatic rings. The first-order chi connectivity index (χ1) is 13.2. The Morgan fingerprint density at radius 2 is 2.26 bits per heavy atom. The lowest BCUT2D eigenvalue weighted by atomic mass is 9.78. The number of aromatic nitrogens is 1. The van der Waals surface area contributed by atoms with Crippen LogP contribution in [0.25, 0.3) is 0 Å². The van der Waals surface area contributed by atoms with Crippen LogP contribution in [-0.2, 0) is 4.74 Å². The van der Waals surface area contributed by atoms with Crippen LogP contribution in [0, 0.1) is 11.7 Å². The lowest BCUT2D eigenvalue weighted by Gasteiger charge is -2.42. The van der Waals surface area contributed by atoms with Gasteiger partial charge in [-0.3, -0.25) is 4.79 Å². The molecule has 4 heterocycles. The number of piperidine rings is 1. The average molecular weight is 390 g/mol. The molecule has 7 heteroatoms. The normalized spacial score (nSPS) is 21.5. The Labute approximate surface area is 162 Å². The quantitative estimate of drug-likeness (QED) is 0.780. The smallest absolute Gasteiger partial charge is 0.254 e. The number of hydrogen-bond acceptors (Lipinski definition) is 5. The van der Waals surface area contributed by atoms with Gasteiger partial charge in [-0.15, -0.1) is 0 Å². The van der Waals surface area contributed by atoms with Crippen LogP contribution in [0.3, 0.4) is 0 Å². The second-order valence-corrected chi connectivity index (χ2v) is 7.91. The number of nitrogens with zero attached hydrogens (tertiary/aromatic N) is 2. The summed E-state index contributed by atoms with van der Waals surface area (Å²) in [4.78, 5) is 18.4. The maximum Gasteiger partial charge on any atom is 0.254 e. The third kappa shape index (κ3) is 3.84. The van der Waals surface area contributed by atoms with Crippen molar-refractivity contribution >= 4 is 17.2 Å². The first-order valence-corrected chi connectivity index (χ1v) is 10.3. The van der Waals surface area contributed by atoms with Crippen LogP contribution in [0.2, 0.25) is 0 Å². The monoisotopic (exact) mass is 390 g/mol. The zero-order valence-electron chi connectivity index (χ0n) is 15.1. The molecule has 0 unspecified atom stereocenters. The number of hydrogen-bond donors (Lipinski definition) is 0. The second kappa shape index (κ2) is 7.94. The third-order valence-corrected chi connectivity index (χ3v) is 6.38. The minimum absolute atomic E-state index is 0.0571. The van der Waals surface area contributed by atoms with E-state index in [9.17, 15) is 9.18 Å². The van der Waals surface area contributed by atoms with Gasteiger partial charge in [-0.2, -0.15) is 11.3 Å². The summed E-state index contributed by atoms with van der Waals surface area (Å²) in [5.41, 5.74) is 0.586. The molecule has 0 radical (unpaired) electrons. The molecule has 0 saturated carbocycles. The maximum atomic E-state index is 13.6. The van der Waals surface area contributed by atoms with E-state index in [2.05, 4.69) is 4.98 Å². The number of carbonyl (C=O) groups is 1. The molecule has 2 aliphatic heterocycles. The highest BCUT2D eigenvalue weighted by Crippen LogP contribution is 2.42. The second-order valence-electron chi connectivity index (χ2n) is 7.13. The Morgan fingerprint density at radius 3 is 3.00 bits per heavy atom. The molecule has 1 spiro atoms. The first-order valence-electron chi connectivity index (χ1n) is 9.37. The summed E-state index contributed by atoms with van der Waals surface area (Å²) < 4.78 is 25.3. The number of halogens is 1. The zero-order chi connectivity index (χ0) is 18.7. The minimum Gasteiger partial charge on any atom is -0.476 e. The molecule has 5 nitrogen and oxygen atoms in total. The van der Waals surface area contributed by atoms with Gasteiger partial charge in [-0.05, 0) is 55.2 Å². The average Bonchev–Trinajstić information content (AvgIpc) is 3.35. The van der Waals surface area contributed by atoms with Gasteiger partial charge < -0.3 is 14.4 Å². The molecule has 27 heavy (non-hydrogen) atoms. The van der Waals surface area contributed by atoms with E-state index in [1.165, 1.54) is 12.3 Å². The van der Waals surface area contributed by atoms with Crippen LogP contribution < -0.4 is 4.74 Å². The van der Waals surface area contributed by atoms with Gasteiger partial charge in [0.25, 0.3) is 5.91 Å². The van der Waals surface area contributed by atoms with Crippen LogP contribution in [0.5, 0.6) is 5.88 Å². The van der Waals surface area contributed by atoms with E-state index in [0.717, 1.165) is 37.9 Å². The SMILES string of the molecule is O=C(c1ccsc1)N1CCC2(CC1)OCC[C@@H]2CCOc1ncccc1F. The maximum absolute atomic E-state index is 13.6. The third-order valence-electron chi connectivity index (χ3n) is 5.69. The molecule has 2 aromatic heterocycles. The molecule has 1 amide bonds. The summed E-state index contributed by atoms with van der Waals surface area (Å²) in [6, 6.07) is 4.77. The first kappa shape index (κ1) is 18.4. The van der Waals surface area contributed by atoms with Crippen molar-refractivity contribution in [3.8, 4) is 5.88 Å². The van der Waals surface area contributed by atoms with E-state index in [-0.39, 0.29) is 17.4 Å². The number of ether oxygens (including phenoxy) is 2. The molecule has 1 atom stereocenters. The summed E-state index contributed by atoms with van der Waals surface area (Å²) in [5.74, 6) is 0.0917. The molecule has 144 valence electrons. The van der Waals surface area contributed by atoms with Crippen LogP contribution in [0.1, 0.15) is 36.0 Å². The molecular formula is C20H23FN2O3S. The van der Waals surface area contributed by atoms with Crippen LogP contribution >= 0.6 is 11.3 Å². The van der Waals surface area contributed by atoms with E-state index < -0.39 is 5.82 Å². The fourth-order valence-corrected chi connectivity index (χ4v) is 4.81. The molecule has 0 aromatic carbocycles. The van der Waals surface area contributed by atoms with Gasteiger partial charge in [0.15, 0.2) is 5.82 Å². The summed E-state index contributed by atoms with van der Waals surface area (Å²) in [6.07, 6.45) is 4.98. The van der Waals surface area contributed by atoms with Crippen LogP contribution in [-0.4, -0.2) is 47.7 Å². The van der Waals surface area contributed by atoms with Gasteiger partial charge in [-0.1, -0.05) is 0 Å². The van der Waals surface area contributed by atoms with E-state index in [0.29, 0.717) is 25.6 Å². The van der Waals surface area contributed by atoms with Crippen LogP contribution in [0.4, 0.5) is 4.39 Å². The highest BCUT2D eigenvalue weighted by Gasteiger charge is 2.46. The fraction of sp³-hybridized carbons (Fsp3) is 0.500. The Balaban J connectivity index is 1.32. The Bertz CT molecular complexity index is 775. The van der Waals surface area contributed by atoms with Crippen molar-refractivity contribution in [3.63, 3.8) is 0 Å². The number of thiophene rings is 1. The van der Waals surface area contributed by atoms with Crippen molar-refractivity contribution in [2.75, 3.05) is 26.3 Å². The van der Waals surface area contributed by atoms with Gasteiger partial charge in [0.05, 0.1) is 17.8 Å². The fourth-order valence-electron chi connectivity index (χ4n) is 4.18. The van der Waals surface area contributed by atoms with Gasteiger partial charge in [0.2, 0.25) is 5.88 Å². The largest absolute Gasteiger partial charge is 0.476 e. The Hall–Kier alpha value is -1.99.